The van der Waals surface area contributed by atoms with Gasteiger partial charge in [-0.3, -0.25) is 0 Å². The Bertz CT molecular complexity index is 640. The van der Waals surface area contributed by atoms with E-state index in [1.807, 2.05) is 0 Å². The van der Waals surface area contributed by atoms with Crippen LogP contribution in [0.15, 0.2) is 27.4 Å². The Kier molecular flexibility index (Phi) is 1.97. The van der Waals surface area contributed by atoms with Gasteiger partial charge in [0.05, 0.1) is 0 Å². The number of halogens is 2. The maximum atomic E-state index is 13.1. The molecule has 5 heteroatoms. The van der Waals surface area contributed by atoms with E-state index in [0.717, 1.165) is 12.1 Å². The van der Waals surface area contributed by atoms with Crippen LogP contribution in [0.2, 0.25) is 0 Å². The van der Waals surface area contributed by atoms with E-state index in [1.165, 1.54) is 0 Å². The smallest absolute Gasteiger partial charge is 0.354 e. The third-order valence-corrected chi connectivity index (χ3v) is 1.87. The molecule has 0 amide bonds. The minimum Gasteiger partial charge on any atom is -0.419 e. The fourth-order valence-corrected chi connectivity index (χ4v) is 1.24. The number of hydrogen-bond acceptors (Lipinski definition) is 3. The van der Waals surface area contributed by atoms with Gasteiger partial charge in [-0.1, -0.05) is 0 Å². The Morgan fingerprint density at radius 1 is 1.27 bits per heavy atom. The summed E-state index contributed by atoms with van der Waals surface area (Å²) in [4.78, 5) is 11.1. The molecule has 2 aromatic rings. The van der Waals surface area contributed by atoms with Crippen LogP contribution >= 0.6 is 0 Å². The summed E-state index contributed by atoms with van der Waals surface area (Å²) in [5, 5.41) is 8.56. The van der Waals surface area contributed by atoms with Gasteiger partial charge in [-0.2, -0.15) is 5.26 Å². The van der Waals surface area contributed by atoms with E-state index in [-0.39, 0.29) is 16.5 Å². The van der Waals surface area contributed by atoms with Gasteiger partial charge in [0, 0.05) is 11.5 Å². The fourth-order valence-electron chi connectivity index (χ4n) is 1.24. The molecule has 0 N–H and O–H groups in total. The summed E-state index contributed by atoms with van der Waals surface area (Å²) in [6.07, 6.45) is 0. The van der Waals surface area contributed by atoms with Crippen LogP contribution in [0, 0.1) is 23.0 Å². The number of nitrogens with zero attached hydrogens (tertiary/aromatic N) is 1. The number of nitriles is 1. The molecule has 0 spiro atoms. The zero-order chi connectivity index (χ0) is 11.0. The predicted molar refractivity (Wildman–Crippen MR) is 47.1 cm³/mol. The van der Waals surface area contributed by atoms with Gasteiger partial charge in [-0.25, -0.2) is 13.6 Å². The highest BCUT2D eigenvalue weighted by atomic mass is 19.1. The third kappa shape index (κ3) is 1.46. The van der Waals surface area contributed by atoms with Crippen molar-refractivity contribution in [3.63, 3.8) is 0 Å². The lowest BCUT2D eigenvalue weighted by Crippen LogP contribution is -2.04. The molecule has 0 saturated carbocycles. The molecule has 3 nitrogen and oxygen atoms in total. The van der Waals surface area contributed by atoms with Crippen molar-refractivity contribution in [2.45, 2.75) is 0 Å². The first-order valence-electron chi connectivity index (χ1n) is 3.95. The quantitative estimate of drug-likeness (QED) is 0.620. The Morgan fingerprint density at radius 2 is 2.00 bits per heavy atom. The van der Waals surface area contributed by atoms with Crippen molar-refractivity contribution >= 4 is 11.0 Å². The van der Waals surface area contributed by atoms with Gasteiger partial charge in [0.1, 0.15) is 17.4 Å². The van der Waals surface area contributed by atoms with Crippen LogP contribution in [0.4, 0.5) is 8.78 Å². The lowest BCUT2D eigenvalue weighted by Gasteiger charge is -1.98. The van der Waals surface area contributed by atoms with Crippen LogP contribution < -0.4 is 5.63 Å². The van der Waals surface area contributed by atoms with Crippen LogP contribution in [0.5, 0.6) is 0 Å². The van der Waals surface area contributed by atoms with Gasteiger partial charge in [0.15, 0.2) is 11.4 Å². The molecule has 0 saturated heterocycles. The molecule has 0 fully saturated rings. The van der Waals surface area contributed by atoms with E-state index in [9.17, 15) is 13.6 Å². The second kappa shape index (κ2) is 3.17. The normalized spacial score (nSPS) is 10.2. The SMILES string of the molecule is N#Cc1cc2cc(F)cc(F)c2oc1=O. The average Bonchev–Trinajstić information content (AvgIpc) is 2.18. The van der Waals surface area contributed by atoms with Crippen molar-refractivity contribution in [2.24, 2.45) is 0 Å². The summed E-state index contributed by atoms with van der Waals surface area (Å²) in [6.45, 7) is 0. The van der Waals surface area contributed by atoms with Crippen molar-refractivity contribution in [3.8, 4) is 6.07 Å². The number of rotatable bonds is 0. The van der Waals surface area contributed by atoms with Crippen LogP contribution in [0.3, 0.4) is 0 Å². The van der Waals surface area contributed by atoms with Crippen molar-refractivity contribution in [1.82, 2.24) is 0 Å². The van der Waals surface area contributed by atoms with Gasteiger partial charge in [0.25, 0.3) is 0 Å². The molecule has 15 heavy (non-hydrogen) atoms. The third-order valence-electron chi connectivity index (χ3n) is 1.87. The standard InChI is InChI=1S/C10H3F2NO2/c11-7-2-5-1-6(4-13)10(14)15-9(5)8(12)3-7/h1-3H. The monoisotopic (exact) mass is 207 g/mol. The second-order valence-electron chi connectivity index (χ2n) is 2.87. The highest BCUT2D eigenvalue weighted by molar-refractivity contribution is 5.78. The summed E-state index contributed by atoms with van der Waals surface area (Å²) in [6, 6.07) is 4.26. The topological polar surface area (TPSA) is 54.0 Å². The van der Waals surface area contributed by atoms with Crippen LogP contribution in [-0.4, -0.2) is 0 Å². The lowest BCUT2D eigenvalue weighted by atomic mass is 10.2. The molecule has 0 radical (unpaired) electrons. The largest absolute Gasteiger partial charge is 0.419 e. The van der Waals surface area contributed by atoms with E-state index in [1.54, 1.807) is 6.07 Å². The van der Waals surface area contributed by atoms with Gasteiger partial charge >= 0.3 is 5.63 Å². The predicted octanol–water partition coefficient (Wildman–Crippen LogP) is 1.94. The first-order valence-corrected chi connectivity index (χ1v) is 3.95. The minimum atomic E-state index is -0.966. The molecule has 0 atom stereocenters. The van der Waals surface area contributed by atoms with Crippen LogP contribution in [0.25, 0.3) is 11.0 Å². The molecular weight excluding hydrogens is 204 g/mol. The zero-order valence-electron chi connectivity index (χ0n) is 7.25. The van der Waals surface area contributed by atoms with Crippen molar-refractivity contribution in [2.75, 3.05) is 0 Å². The Morgan fingerprint density at radius 3 is 2.67 bits per heavy atom. The highest BCUT2D eigenvalue weighted by Gasteiger charge is 2.10. The number of benzene rings is 1. The second-order valence-corrected chi connectivity index (χ2v) is 2.87. The number of hydrogen-bond donors (Lipinski definition) is 0. The van der Waals surface area contributed by atoms with Crippen LogP contribution in [0.1, 0.15) is 5.56 Å². The van der Waals surface area contributed by atoms with Gasteiger partial charge < -0.3 is 4.42 Å². The summed E-state index contributed by atoms with van der Waals surface area (Å²) in [5.74, 6) is -1.76. The Hall–Kier alpha value is -2.22. The van der Waals surface area contributed by atoms with Gasteiger partial charge in [-0.05, 0) is 12.1 Å². The lowest BCUT2D eigenvalue weighted by molar-refractivity contribution is 0.515. The van der Waals surface area contributed by atoms with E-state index in [2.05, 4.69) is 4.42 Å². The summed E-state index contributed by atoms with van der Waals surface area (Å²) < 4.78 is 30.4. The molecule has 0 aliphatic carbocycles. The van der Waals surface area contributed by atoms with Gasteiger partial charge in [0.2, 0.25) is 0 Å². The average molecular weight is 207 g/mol. The Labute approximate surface area is 82.2 Å². The highest BCUT2D eigenvalue weighted by Crippen LogP contribution is 2.18. The first-order chi connectivity index (χ1) is 7.11. The van der Waals surface area contributed by atoms with Crippen LogP contribution in [-0.2, 0) is 0 Å². The maximum Gasteiger partial charge on any atom is 0.354 e. The van der Waals surface area contributed by atoms with Gasteiger partial charge in [-0.15, -0.1) is 0 Å². The van der Waals surface area contributed by atoms with E-state index in [0.29, 0.717) is 6.07 Å². The van der Waals surface area contributed by atoms with Crippen molar-refractivity contribution in [3.05, 3.63) is 45.8 Å². The maximum absolute atomic E-state index is 13.1. The molecule has 1 heterocycles. The fraction of sp³-hybridized carbons (Fsp3) is 0. The first kappa shape index (κ1) is 9.34. The molecule has 1 aromatic carbocycles. The van der Waals surface area contributed by atoms with E-state index >= 15 is 0 Å². The van der Waals surface area contributed by atoms with E-state index in [4.69, 9.17) is 5.26 Å². The van der Waals surface area contributed by atoms with Crippen molar-refractivity contribution < 1.29 is 13.2 Å². The van der Waals surface area contributed by atoms with E-state index < -0.39 is 17.3 Å². The summed E-state index contributed by atoms with van der Waals surface area (Å²) in [7, 11) is 0. The molecule has 0 aliphatic heterocycles. The molecule has 0 bridgehead atoms. The molecule has 1 aromatic heterocycles. The zero-order valence-corrected chi connectivity index (χ0v) is 7.25. The molecule has 2 rings (SSSR count). The summed E-state index contributed by atoms with van der Waals surface area (Å²) >= 11 is 0. The molecular formula is C10H3F2NO2. The molecule has 74 valence electrons. The number of fused-ring (bicyclic) bond motifs is 1. The minimum absolute atomic E-state index is 0.0450. The summed E-state index contributed by atoms with van der Waals surface area (Å²) in [5.41, 5.74) is -1.57. The Balaban J connectivity index is 2.95. The molecule has 0 unspecified atom stereocenters. The van der Waals surface area contributed by atoms with Crippen molar-refractivity contribution in [1.29, 1.82) is 5.26 Å². The molecule has 0 aliphatic rings.